The fourth-order valence-corrected chi connectivity index (χ4v) is 4.53. The smallest absolute Gasteiger partial charge is 0.330 e. The van der Waals surface area contributed by atoms with Gasteiger partial charge in [0.2, 0.25) is 0 Å². The highest BCUT2D eigenvalue weighted by molar-refractivity contribution is 5.82. The van der Waals surface area contributed by atoms with Crippen molar-refractivity contribution in [2.45, 2.75) is 46.5 Å². The molecule has 0 spiro atoms. The van der Waals surface area contributed by atoms with Crippen LogP contribution < -0.4 is 0 Å². The highest BCUT2D eigenvalue weighted by Crippen LogP contribution is 2.59. The number of aldehydes is 1. The van der Waals surface area contributed by atoms with E-state index < -0.39 is 0 Å². The Balaban J connectivity index is 2.34. The Hall–Kier alpha value is -1.38. The largest absolute Gasteiger partial charge is 0.466 e. The van der Waals surface area contributed by atoms with E-state index in [4.69, 9.17) is 0 Å². The number of hydrogen-bond acceptors (Lipinski definition) is 3. The summed E-state index contributed by atoms with van der Waals surface area (Å²) in [5, 5.41) is 0. The average molecular weight is 290 g/mol. The average Bonchev–Trinajstić information content (AvgIpc) is 2.43. The van der Waals surface area contributed by atoms with Gasteiger partial charge in [-0.1, -0.05) is 39.3 Å². The third kappa shape index (κ3) is 2.83. The van der Waals surface area contributed by atoms with Gasteiger partial charge in [-0.2, -0.15) is 0 Å². The van der Waals surface area contributed by atoms with E-state index in [-0.39, 0.29) is 22.7 Å². The topological polar surface area (TPSA) is 43.4 Å². The SMILES string of the molecule is COC(=O)/C=C/C1=CCC2C(C)(C)CCC[C@]2(C)[C@H]1C=O. The molecule has 0 aromatic carbocycles. The van der Waals surface area contributed by atoms with Crippen molar-refractivity contribution in [3.63, 3.8) is 0 Å². The van der Waals surface area contributed by atoms with Crippen LogP contribution in [0.5, 0.6) is 0 Å². The van der Waals surface area contributed by atoms with Crippen LogP contribution in [0.25, 0.3) is 0 Å². The number of carbonyl (C=O) groups excluding carboxylic acids is 2. The summed E-state index contributed by atoms with van der Waals surface area (Å²) < 4.78 is 4.63. The molecule has 0 heterocycles. The van der Waals surface area contributed by atoms with Crippen LogP contribution >= 0.6 is 0 Å². The molecule has 3 atom stereocenters. The van der Waals surface area contributed by atoms with Gasteiger partial charge in [0, 0.05) is 12.0 Å². The zero-order valence-electron chi connectivity index (χ0n) is 13.5. The van der Waals surface area contributed by atoms with Crippen molar-refractivity contribution < 1.29 is 14.3 Å². The van der Waals surface area contributed by atoms with E-state index in [1.54, 1.807) is 6.08 Å². The summed E-state index contributed by atoms with van der Waals surface area (Å²) >= 11 is 0. The highest BCUT2D eigenvalue weighted by Gasteiger charge is 2.52. The molecule has 2 aliphatic rings. The van der Waals surface area contributed by atoms with E-state index >= 15 is 0 Å². The van der Waals surface area contributed by atoms with Crippen LogP contribution in [0.1, 0.15) is 46.5 Å². The molecule has 1 saturated carbocycles. The second kappa shape index (κ2) is 5.78. The van der Waals surface area contributed by atoms with Crippen LogP contribution in [-0.2, 0) is 14.3 Å². The van der Waals surface area contributed by atoms with Crippen molar-refractivity contribution in [3.05, 3.63) is 23.8 Å². The van der Waals surface area contributed by atoms with Crippen molar-refractivity contribution in [2.24, 2.45) is 22.7 Å². The number of ether oxygens (including phenoxy) is 1. The van der Waals surface area contributed by atoms with Crippen LogP contribution in [0.3, 0.4) is 0 Å². The summed E-state index contributed by atoms with van der Waals surface area (Å²) in [6.07, 6.45) is 10.8. The Labute approximate surface area is 127 Å². The van der Waals surface area contributed by atoms with Gasteiger partial charge in [0.15, 0.2) is 0 Å². The van der Waals surface area contributed by atoms with Gasteiger partial charge < -0.3 is 9.53 Å². The Morgan fingerprint density at radius 1 is 1.33 bits per heavy atom. The summed E-state index contributed by atoms with van der Waals surface area (Å²) in [5.41, 5.74) is 1.22. The minimum Gasteiger partial charge on any atom is -0.466 e. The molecule has 0 aliphatic heterocycles. The van der Waals surface area contributed by atoms with Gasteiger partial charge in [0.1, 0.15) is 6.29 Å². The molecule has 0 radical (unpaired) electrons. The first kappa shape index (κ1) is 16.0. The number of methoxy groups -OCH3 is 1. The maximum absolute atomic E-state index is 11.8. The van der Waals surface area contributed by atoms with Crippen LogP contribution in [0, 0.1) is 22.7 Å². The molecule has 0 N–H and O–H groups in total. The molecule has 2 rings (SSSR count). The summed E-state index contributed by atoms with van der Waals surface area (Å²) in [6.45, 7) is 6.89. The van der Waals surface area contributed by atoms with E-state index in [9.17, 15) is 9.59 Å². The third-order valence-electron chi connectivity index (χ3n) is 5.68. The molecule has 3 heteroatoms. The third-order valence-corrected chi connectivity index (χ3v) is 5.68. The lowest BCUT2D eigenvalue weighted by molar-refractivity contribution is -0.134. The van der Waals surface area contributed by atoms with E-state index in [0.717, 1.165) is 24.7 Å². The quantitative estimate of drug-likeness (QED) is 0.452. The molecular weight excluding hydrogens is 264 g/mol. The van der Waals surface area contributed by atoms with Gasteiger partial charge in [-0.05, 0) is 41.6 Å². The molecule has 1 unspecified atom stereocenters. The van der Waals surface area contributed by atoms with Crippen LogP contribution in [0.15, 0.2) is 23.8 Å². The van der Waals surface area contributed by atoms with Crippen LogP contribution in [-0.4, -0.2) is 19.4 Å². The molecule has 0 aromatic heterocycles. The fraction of sp³-hybridized carbons (Fsp3) is 0.667. The lowest BCUT2D eigenvalue weighted by atomic mass is 9.49. The first-order valence-corrected chi connectivity index (χ1v) is 7.76. The molecule has 1 fully saturated rings. The maximum atomic E-state index is 11.8. The maximum Gasteiger partial charge on any atom is 0.330 e. The lowest BCUT2D eigenvalue weighted by Gasteiger charge is -2.55. The first-order chi connectivity index (χ1) is 9.85. The molecule has 3 nitrogen and oxygen atoms in total. The molecule has 0 saturated heterocycles. The Morgan fingerprint density at radius 2 is 2.05 bits per heavy atom. The van der Waals surface area contributed by atoms with Gasteiger partial charge in [-0.3, -0.25) is 0 Å². The molecule has 0 aromatic rings. The number of allylic oxidation sites excluding steroid dienone is 3. The summed E-state index contributed by atoms with van der Waals surface area (Å²) in [4.78, 5) is 23.1. The normalized spacial score (nSPS) is 35.0. The van der Waals surface area contributed by atoms with E-state index in [1.807, 2.05) is 0 Å². The zero-order valence-corrected chi connectivity index (χ0v) is 13.5. The second-order valence-corrected chi connectivity index (χ2v) is 7.31. The molecule has 116 valence electrons. The lowest BCUT2D eigenvalue weighted by Crippen LogP contribution is -2.49. The van der Waals surface area contributed by atoms with E-state index in [0.29, 0.717) is 5.92 Å². The Bertz CT molecular complexity index is 487. The molecular formula is C18H26O3. The standard InChI is InChI=1S/C18H26O3/c1-17(2)10-5-11-18(3)14(12-19)13(6-8-15(17)18)7-9-16(20)21-4/h6-7,9,12,14-15H,5,8,10-11H2,1-4H3/b9-7+/t14-,15?,18+/m0/s1. The van der Waals surface area contributed by atoms with Crippen LogP contribution in [0.2, 0.25) is 0 Å². The number of carbonyl (C=O) groups is 2. The van der Waals surface area contributed by atoms with Gasteiger partial charge in [0.25, 0.3) is 0 Å². The molecule has 0 bridgehead atoms. The monoisotopic (exact) mass is 290 g/mol. The summed E-state index contributed by atoms with van der Waals surface area (Å²) in [5.74, 6) is 0.0118. The van der Waals surface area contributed by atoms with Crippen molar-refractivity contribution >= 4 is 12.3 Å². The predicted molar refractivity (Wildman–Crippen MR) is 82.6 cm³/mol. The van der Waals surface area contributed by atoms with Gasteiger partial charge >= 0.3 is 5.97 Å². The number of fused-ring (bicyclic) bond motifs is 1. The van der Waals surface area contributed by atoms with Gasteiger partial charge in [-0.25, -0.2) is 4.79 Å². The van der Waals surface area contributed by atoms with E-state index in [1.165, 1.54) is 26.0 Å². The highest BCUT2D eigenvalue weighted by atomic mass is 16.5. The van der Waals surface area contributed by atoms with Crippen molar-refractivity contribution in [1.82, 2.24) is 0 Å². The van der Waals surface area contributed by atoms with Gasteiger partial charge in [0.05, 0.1) is 7.11 Å². The van der Waals surface area contributed by atoms with Gasteiger partial charge in [-0.15, -0.1) is 0 Å². The Morgan fingerprint density at radius 3 is 2.67 bits per heavy atom. The first-order valence-electron chi connectivity index (χ1n) is 7.76. The minimum absolute atomic E-state index is 0.00591. The minimum atomic E-state index is -0.378. The number of esters is 1. The zero-order chi connectivity index (χ0) is 15.7. The summed E-state index contributed by atoms with van der Waals surface area (Å²) in [6, 6.07) is 0. The summed E-state index contributed by atoms with van der Waals surface area (Å²) in [7, 11) is 1.36. The fourth-order valence-electron chi connectivity index (χ4n) is 4.53. The van der Waals surface area contributed by atoms with Crippen molar-refractivity contribution in [1.29, 1.82) is 0 Å². The second-order valence-electron chi connectivity index (χ2n) is 7.31. The molecule has 2 aliphatic carbocycles. The van der Waals surface area contributed by atoms with Crippen molar-refractivity contribution in [3.8, 4) is 0 Å². The van der Waals surface area contributed by atoms with E-state index in [2.05, 4.69) is 31.6 Å². The molecule has 0 amide bonds. The number of hydrogen-bond donors (Lipinski definition) is 0. The number of rotatable bonds is 3. The van der Waals surface area contributed by atoms with Crippen molar-refractivity contribution in [2.75, 3.05) is 7.11 Å². The Kier molecular flexibility index (Phi) is 4.40. The molecule has 21 heavy (non-hydrogen) atoms. The van der Waals surface area contributed by atoms with Crippen LogP contribution in [0.4, 0.5) is 0 Å². The predicted octanol–water partition coefficient (Wildman–Crippen LogP) is 3.69.